The summed E-state index contributed by atoms with van der Waals surface area (Å²) in [6.45, 7) is 1.39. The van der Waals surface area contributed by atoms with Crippen molar-refractivity contribution in [3.63, 3.8) is 0 Å². The number of rotatable bonds is 4. The zero-order valence-corrected chi connectivity index (χ0v) is 9.91. The lowest BCUT2D eigenvalue weighted by molar-refractivity contribution is -0.384. The van der Waals surface area contributed by atoms with E-state index in [-0.39, 0.29) is 11.6 Å². The maximum atomic E-state index is 11.8. The minimum Gasteiger partial charge on any atom is -0.335 e. The number of hydrogen-bond acceptors (Lipinski definition) is 3. The van der Waals surface area contributed by atoms with Gasteiger partial charge in [0.2, 0.25) is 5.91 Å². The number of amides is 1. The molecule has 2 rings (SSSR count). The smallest absolute Gasteiger partial charge is 0.269 e. The molecule has 0 aromatic heterocycles. The molecule has 0 bridgehead atoms. The molecule has 1 heterocycles. The second-order valence-corrected chi connectivity index (χ2v) is 4.19. The number of hydrogen-bond donors (Lipinski definition) is 0. The van der Waals surface area contributed by atoms with Gasteiger partial charge in [0.15, 0.2) is 0 Å². The average Bonchev–Trinajstić information content (AvgIpc) is 2.90. The van der Waals surface area contributed by atoms with E-state index in [0.29, 0.717) is 25.9 Å². The highest BCUT2D eigenvalue weighted by Crippen LogP contribution is 2.13. The zero-order valence-electron chi connectivity index (χ0n) is 9.91. The van der Waals surface area contributed by atoms with Crippen molar-refractivity contribution in [3.05, 3.63) is 52.1 Å². The minimum absolute atomic E-state index is 0.0776. The van der Waals surface area contributed by atoms with Gasteiger partial charge in [0.1, 0.15) is 0 Å². The van der Waals surface area contributed by atoms with E-state index in [1.165, 1.54) is 12.1 Å². The summed E-state index contributed by atoms with van der Waals surface area (Å²) in [5.41, 5.74) is 1.02. The molecular weight excluding hydrogens is 232 g/mol. The highest BCUT2D eigenvalue weighted by Gasteiger charge is 2.13. The second-order valence-electron chi connectivity index (χ2n) is 4.19. The lowest BCUT2D eigenvalue weighted by Crippen LogP contribution is -2.28. The van der Waals surface area contributed by atoms with Crippen molar-refractivity contribution in [1.29, 1.82) is 0 Å². The molecule has 1 aromatic rings. The third-order valence-electron chi connectivity index (χ3n) is 2.95. The van der Waals surface area contributed by atoms with Gasteiger partial charge in [-0.2, -0.15) is 0 Å². The molecular formula is C13H14N2O3. The van der Waals surface area contributed by atoms with Crippen LogP contribution in [0.4, 0.5) is 5.69 Å². The van der Waals surface area contributed by atoms with Crippen molar-refractivity contribution in [1.82, 2.24) is 4.90 Å². The summed E-state index contributed by atoms with van der Waals surface area (Å²) in [4.78, 5) is 23.6. The first kappa shape index (κ1) is 12.3. The van der Waals surface area contributed by atoms with Crippen molar-refractivity contribution in [2.75, 3.05) is 13.1 Å². The molecule has 0 unspecified atom stereocenters. The maximum Gasteiger partial charge on any atom is 0.269 e. The molecule has 0 saturated carbocycles. The van der Waals surface area contributed by atoms with Crippen LogP contribution in [-0.2, 0) is 11.2 Å². The van der Waals surface area contributed by atoms with E-state index in [2.05, 4.69) is 0 Å². The van der Waals surface area contributed by atoms with Gasteiger partial charge in [-0.1, -0.05) is 24.3 Å². The van der Waals surface area contributed by atoms with Crippen molar-refractivity contribution < 1.29 is 9.72 Å². The molecule has 1 aliphatic heterocycles. The quantitative estimate of drug-likeness (QED) is 0.463. The first-order valence-electron chi connectivity index (χ1n) is 5.83. The van der Waals surface area contributed by atoms with E-state index >= 15 is 0 Å². The van der Waals surface area contributed by atoms with Gasteiger partial charge in [0.05, 0.1) is 4.92 Å². The van der Waals surface area contributed by atoms with Gasteiger partial charge in [0, 0.05) is 31.6 Å². The summed E-state index contributed by atoms with van der Waals surface area (Å²) in [5.74, 6) is 0.123. The Morgan fingerprint density at radius 1 is 1.22 bits per heavy atom. The Kier molecular flexibility index (Phi) is 3.72. The number of benzene rings is 1. The number of nitro benzene ring substituents is 1. The van der Waals surface area contributed by atoms with Crippen LogP contribution in [-0.4, -0.2) is 28.8 Å². The fourth-order valence-electron chi connectivity index (χ4n) is 1.88. The lowest BCUT2D eigenvalue weighted by atomic mass is 10.1. The largest absolute Gasteiger partial charge is 0.335 e. The summed E-state index contributed by atoms with van der Waals surface area (Å²) in [5, 5.41) is 10.5. The normalized spacial score (nSPS) is 13.9. The van der Waals surface area contributed by atoms with Gasteiger partial charge in [-0.25, -0.2) is 0 Å². The lowest BCUT2D eigenvalue weighted by Gasteiger charge is -2.14. The van der Waals surface area contributed by atoms with Gasteiger partial charge in [-0.15, -0.1) is 0 Å². The Labute approximate surface area is 105 Å². The van der Waals surface area contributed by atoms with Crippen molar-refractivity contribution in [2.24, 2.45) is 0 Å². The van der Waals surface area contributed by atoms with E-state index in [4.69, 9.17) is 0 Å². The first-order valence-corrected chi connectivity index (χ1v) is 5.83. The number of carbonyl (C=O) groups is 1. The van der Waals surface area contributed by atoms with Gasteiger partial charge in [-0.05, 0) is 12.0 Å². The van der Waals surface area contributed by atoms with E-state index < -0.39 is 4.92 Å². The summed E-state index contributed by atoms with van der Waals surface area (Å²) >= 11 is 0. The minimum atomic E-state index is -0.426. The molecule has 5 nitrogen and oxygen atoms in total. The fourth-order valence-corrected chi connectivity index (χ4v) is 1.88. The highest BCUT2D eigenvalue weighted by molar-refractivity contribution is 5.77. The molecule has 0 spiro atoms. The van der Waals surface area contributed by atoms with Crippen LogP contribution in [0.5, 0.6) is 0 Å². The second kappa shape index (κ2) is 5.44. The molecule has 0 aliphatic carbocycles. The molecule has 0 fully saturated rings. The number of non-ortho nitro benzene ring substituents is 1. The monoisotopic (exact) mass is 246 g/mol. The molecule has 1 amide bonds. The summed E-state index contributed by atoms with van der Waals surface area (Å²) in [7, 11) is 0. The molecule has 5 heteroatoms. The molecule has 0 N–H and O–H groups in total. The molecule has 0 radical (unpaired) electrons. The predicted molar refractivity (Wildman–Crippen MR) is 67.1 cm³/mol. The molecule has 94 valence electrons. The molecule has 0 saturated heterocycles. The number of nitro groups is 1. The third-order valence-corrected chi connectivity index (χ3v) is 2.95. The Hall–Kier alpha value is -2.17. The van der Waals surface area contributed by atoms with E-state index in [9.17, 15) is 14.9 Å². The first-order chi connectivity index (χ1) is 8.66. The maximum absolute atomic E-state index is 11.8. The number of carbonyl (C=O) groups excluding carboxylic acids is 1. The van der Waals surface area contributed by atoms with Gasteiger partial charge >= 0.3 is 0 Å². The molecule has 18 heavy (non-hydrogen) atoms. The Morgan fingerprint density at radius 2 is 1.83 bits per heavy atom. The van der Waals surface area contributed by atoms with Gasteiger partial charge in [-0.3, -0.25) is 14.9 Å². The molecule has 1 aliphatic rings. The standard InChI is InChI=1S/C13H14N2O3/c16-13(14-9-1-2-10-14)8-5-11-3-6-12(7-4-11)15(17)18/h1-4,6-7H,5,8-10H2. The van der Waals surface area contributed by atoms with Gasteiger partial charge in [0.25, 0.3) is 5.69 Å². The Bertz CT molecular complexity index is 472. The molecule has 0 atom stereocenters. The molecule has 1 aromatic carbocycles. The van der Waals surface area contributed by atoms with Crippen molar-refractivity contribution in [3.8, 4) is 0 Å². The van der Waals surface area contributed by atoms with E-state index in [1.54, 1.807) is 17.0 Å². The van der Waals surface area contributed by atoms with Crippen LogP contribution >= 0.6 is 0 Å². The third kappa shape index (κ3) is 2.94. The number of nitrogens with zero attached hydrogens (tertiary/aromatic N) is 2. The zero-order chi connectivity index (χ0) is 13.0. The van der Waals surface area contributed by atoms with Crippen LogP contribution in [0.15, 0.2) is 36.4 Å². The topological polar surface area (TPSA) is 63.4 Å². The number of aryl methyl sites for hydroxylation is 1. The summed E-state index contributed by atoms with van der Waals surface area (Å²) < 4.78 is 0. The van der Waals surface area contributed by atoms with Crippen LogP contribution in [0.1, 0.15) is 12.0 Å². The van der Waals surface area contributed by atoms with Crippen LogP contribution in [0.2, 0.25) is 0 Å². The van der Waals surface area contributed by atoms with Crippen LogP contribution in [0.3, 0.4) is 0 Å². The highest BCUT2D eigenvalue weighted by atomic mass is 16.6. The fraction of sp³-hybridized carbons (Fsp3) is 0.308. The predicted octanol–water partition coefficient (Wildman–Crippen LogP) is 1.93. The van der Waals surface area contributed by atoms with Crippen LogP contribution in [0, 0.1) is 10.1 Å². The van der Waals surface area contributed by atoms with Crippen molar-refractivity contribution in [2.45, 2.75) is 12.8 Å². The van der Waals surface area contributed by atoms with E-state index in [1.807, 2.05) is 12.2 Å². The van der Waals surface area contributed by atoms with Crippen LogP contribution in [0.25, 0.3) is 0 Å². The van der Waals surface area contributed by atoms with E-state index in [0.717, 1.165) is 5.56 Å². The summed E-state index contributed by atoms with van der Waals surface area (Å²) in [6.07, 6.45) is 5.01. The Balaban J connectivity index is 1.86. The SMILES string of the molecule is O=C(CCc1ccc([N+](=O)[O-])cc1)N1CC=CC1. The Morgan fingerprint density at radius 3 is 2.39 bits per heavy atom. The summed E-state index contributed by atoms with van der Waals surface area (Å²) in [6, 6.07) is 6.34. The van der Waals surface area contributed by atoms with Crippen LogP contribution < -0.4 is 0 Å². The van der Waals surface area contributed by atoms with Gasteiger partial charge < -0.3 is 4.90 Å². The van der Waals surface area contributed by atoms with Crippen molar-refractivity contribution >= 4 is 11.6 Å². The average molecular weight is 246 g/mol.